The minimum absolute atomic E-state index is 0.503. The van der Waals surface area contributed by atoms with Gasteiger partial charge in [-0.1, -0.05) is 0 Å². The van der Waals surface area contributed by atoms with Crippen LogP contribution in [0.25, 0.3) is 0 Å². The van der Waals surface area contributed by atoms with Crippen molar-refractivity contribution in [2.24, 2.45) is 0 Å². The average Bonchev–Trinajstić information content (AvgIpc) is 2.81. The van der Waals surface area contributed by atoms with E-state index in [2.05, 4.69) is 47.6 Å². The highest BCUT2D eigenvalue weighted by molar-refractivity contribution is 7.12. The third-order valence-corrected chi connectivity index (χ3v) is 5.42. The topological polar surface area (TPSA) is 20.2 Å². The molecule has 1 nitrogen and oxygen atoms in total. The molecule has 0 aliphatic rings. The smallest absolute Gasteiger partial charge is 0.114 e. The van der Waals surface area contributed by atoms with E-state index in [0.717, 1.165) is 10.4 Å². The number of aryl methyl sites for hydroxylation is 1. The molecule has 102 valence electrons. The first-order valence-electron chi connectivity index (χ1n) is 6.65. The molecule has 0 bridgehead atoms. The molecule has 0 amide bonds. The van der Waals surface area contributed by atoms with Gasteiger partial charge in [-0.15, -0.1) is 11.3 Å². The van der Waals surface area contributed by atoms with Gasteiger partial charge in [-0.3, -0.25) is 0 Å². The molecule has 2 rings (SSSR count). The molecular weight excluding hydrogens is 252 g/mol. The summed E-state index contributed by atoms with van der Waals surface area (Å²) in [5, 5.41) is 10.7. The summed E-state index contributed by atoms with van der Waals surface area (Å²) in [6, 6.07) is 4.11. The highest BCUT2D eigenvalue weighted by atomic mass is 32.1. The first-order valence-corrected chi connectivity index (χ1v) is 7.47. The predicted molar refractivity (Wildman–Crippen MR) is 83.2 cm³/mol. The summed E-state index contributed by atoms with van der Waals surface area (Å²) in [5.74, 6) is 0. The second-order valence-corrected chi connectivity index (χ2v) is 6.71. The monoisotopic (exact) mass is 274 g/mol. The lowest BCUT2D eigenvalue weighted by molar-refractivity contribution is 0.222. The largest absolute Gasteiger partial charge is 0.383 e. The zero-order valence-electron chi connectivity index (χ0n) is 12.6. The van der Waals surface area contributed by atoms with Gasteiger partial charge in [-0.05, 0) is 87.1 Å². The molecule has 1 heterocycles. The van der Waals surface area contributed by atoms with E-state index in [1.165, 1.54) is 32.7 Å². The first-order chi connectivity index (χ1) is 8.84. The zero-order valence-corrected chi connectivity index (χ0v) is 13.4. The molecule has 1 unspecified atom stereocenters. The van der Waals surface area contributed by atoms with Crippen molar-refractivity contribution in [3.8, 4) is 0 Å². The Morgan fingerprint density at radius 2 is 1.26 bits per heavy atom. The summed E-state index contributed by atoms with van der Waals surface area (Å²) in [6.07, 6.45) is -0.503. The molecule has 0 saturated carbocycles. The molecule has 0 aliphatic heterocycles. The zero-order chi connectivity index (χ0) is 14.3. The van der Waals surface area contributed by atoms with Gasteiger partial charge in [0.05, 0.1) is 0 Å². The van der Waals surface area contributed by atoms with E-state index < -0.39 is 6.10 Å². The number of hydrogen-bond acceptors (Lipinski definition) is 2. The normalized spacial score (nSPS) is 12.8. The van der Waals surface area contributed by atoms with E-state index in [1.807, 2.05) is 6.07 Å². The van der Waals surface area contributed by atoms with E-state index in [-0.39, 0.29) is 0 Å². The second kappa shape index (κ2) is 5.10. The van der Waals surface area contributed by atoms with Crippen molar-refractivity contribution in [3.63, 3.8) is 0 Å². The molecule has 2 aromatic rings. The van der Waals surface area contributed by atoms with Gasteiger partial charge in [0.2, 0.25) is 0 Å². The van der Waals surface area contributed by atoms with Crippen LogP contribution >= 0.6 is 11.3 Å². The maximum atomic E-state index is 10.7. The van der Waals surface area contributed by atoms with E-state index in [0.29, 0.717) is 0 Å². The first kappa shape index (κ1) is 14.3. The molecule has 1 aromatic carbocycles. The fourth-order valence-corrected chi connectivity index (χ4v) is 3.56. The van der Waals surface area contributed by atoms with Crippen LogP contribution in [0.2, 0.25) is 0 Å². The van der Waals surface area contributed by atoms with Crippen molar-refractivity contribution >= 4 is 11.3 Å². The lowest BCUT2D eigenvalue weighted by Gasteiger charge is -2.22. The van der Waals surface area contributed by atoms with Crippen LogP contribution in [-0.2, 0) is 0 Å². The van der Waals surface area contributed by atoms with Gasteiger partial charge in [0, 0.05) is 9.75 Å². The van der Waals surface area contributed by atoms with Crippen LogP contribution in [0.5, 0.6) is 0 Å². The molecule has 1 aromatic heterocycles. The lowest BCUT2D eigenvalue weighted by Crippen LogP contribution is -2.08. The summed E-state index contributed by atoms with van der Waals surface area (Å²) < 4.78 is 0. The van der Waals surface area contributed by atoms with Crippen molar-refractivity contribution in [2.75, 3.05) is 0 Å². The van der Waals surface area contributed by atoms with Crippen LogP contribution in [-0.4, -0.2) is 5.11 Å². The molecule has 1 N–H and O–H groups in total. The summed E-state index contributed by atoms with van der Waals surface area (Å²) >= 11 is 1.67. The fourth-order valence-electron chi connectivity index (χ4n) is 2.68. The second-order valence-electron chi connectivity index (χ2n) is 5.39. The van der Waals surface area contributed by atoms with Gasteiger partial charge in [-0.25, -0.2) is 0 Å². The highest BCUT2D eigenvalue weighted by Crippen LogP contribution is 2.35. The van der Waals surface area contributed by atoms with Gasteiger partial charge < -0.3 is 5.11 Å². The molecule has 0 spiro atoms. The van der Waals surface area contributed by atoms with E-state index in [4.69, 9.17) is 0 Å². The van der Waals surface area contributed by atoms with Crippen molar-refractivity contribution in [1.29, 1.82) is 0 Å². The molecule has 0 saturated heterocycles. The molecule has 0 fully saturated rings. The van der Waals surface area contributed by atoms with Gasteiger partial charge in [0.15, 0.2) is 0 Å². The SMILES string of the molecule is Cc1ccc(C(O)c2c(C)c(C)c(C)c(C)c2C)s1. The molecule has 19 heavy (non-hydrogen) atoms. The van der Waals surface area contributed by atoms with Crippen molar-refractivity contribution in [1.82, 2.24) is 0 Å². The number of benzene rings is 1. The van der Waals surface area contributed by atoms with Gasteiger partial charge in [0.1, 0.15) is 6.10 Å². The fraction of sp³-hybridized carbons (Fsp3) is 0.412. The molecule has 0 aliphatic carbocycles. The number of hydrogen-bond donors (Lipinski definition) is 1. The summed E-state index contributed by atoms with van der Waals surface area (Å²) in [7, 11) is 0. The minimum Gasteiger partial charge on any atom is -0.383 e. The summed E-state index contributed by atoms with van der Waals surface area (Å²) in [4.78, 5) is 2.27. The van der Waals surface area contributed by atoms with Crippen LogP contribution in [0, 0.1) is 41.5 Å². The molecule has 0 radical (unpaired) electrons. The van der Waals surface area contributed by atoms with Crippen molar-refractivity contribution in [2.45, 2.75) is 47.6 Å². The Balaban J connectivity index is 2.63. The lowest BCUT2D eigenvalue weighted by atomic mass is 9.87. The molecule has 2 heteroatoms. The van der Waals surface area contributed by atoms with Crippen LogP contribution < -0.4 is 0 Å². The molecular formula is C17H22OS. The average molecular weight is 274 g/mol. The Kier molecular flexibility index (Phi) is 3.84. The maximum absolute atomic E-state index is 10.7. The molecule has 1 atom stereocenters. The quantitative estimate of drug-likeness (QED) is 0.843. The highest BCUT2D eigenvalue weighted by Gasteiger charge is 2.20. The van der Waals surface area contributed by atoms with E-state index >= 15 is 0 Å². The van der Waals surface area contributed by atoms with Gasteiger partial charge in [0.25, 0.3) is 0 Å². The van der Waals surface area contributed by atoms with Gasteiger partial charge >= 0.3 is 0 Å². The van der Waals surface area contributed by atoms with E-state index in [1.54, 1.807) is 11.3 Å². The Labute approximate surface area is 119 Å². The van der Waals surface area contributed by atoms with Crippen molar-refractivity contribution < 1.29 is 5.11 Å². The van der Waals surface area contributed by atoms with Crippen LogP contribution in [0.15, 0.2) is 12.1 Å². The van der Waals surface area contributed by atoms with Gasteiger partial charge in [-0.2, -0.15) is 0 Å². The number of aliphatic hydroxyl groups is 1. The Morgan fingerprint density at radius 3 is 1.68 bits per heavy atom. The minimum atomic E-state index is -0.503. The third-order valence-electron chi connectivity index (χ3n) is 4.36. The standard InChI is InChI=1S/C17H22OS/c1-9-7-8-15(19-9)17(18)16-13(5)11(3)10(2)12(4)14(16)6/h7-8,17-18H,1-6H3. The maximum Gasteiger partial charge on any atom is 0.114 e. The Bertz CT molecular complexity index is 593. The van der Waals surface area contributed by atoms with Crippen molar-refractivity contribution in [3.05, 3.63) is 55.3 Å². The predicted octanol–water partition coefficient (Wildman–Crippen LogP) is 4.68. The van der Waals surface area contributed by atoms with E-state index in [9.17, 15) is 5.11 Å². The Hall–Kier alpha value is -1.12. The Morgan fingerprint density at radius 1 is 0.789 bits per heavy atom. The summed E-state index contributed by atoms with van der Waals surface area (Å²) in [5.41, 5.74) is 7.46. The van der Waals surface area contributed by atoms with Crippen LogP contribution in [0.4, 0.5) is 0 Å². The number of aliphatic hydroxyl groups excluding tert-OH is 1. The van der Waals surface area contributed by atoms with Crippen LogP contribution in [0.1, 0.15) is 49.2 Å². The summed E-state index contributed by atoms with van der Waals surface area (Å²) in [6.45, 7) is 12.8. The number of rotatable bonds is 2. The van der Waals surface area contributed by atoms with Crippen LogP contribution in [0.3, 0.4) is 0 Å². The third kappa shape index (κ3) is 2.35. The number of thiophene rings is 1.